The van der Waals surface area contributed by atoms with Gasteiger partial charge in [-0.3, -0.25) is 14.7 Å². The van der Waals surface area contributed by atoms with E-state index in [-0.39, 0.29) is 36.0 Å². The van der Waals surface area contributed by atoms with Crippen LogP contribution in [0.3, 0.4) is 0 Å². The lowest BCUT2D eigenvalue weighted by Crippen LogP contribution is -2.55. The van der Waals surface area contributed by atoms with Crippen molar-refractivity contribution in [3.8, 4) is 0 Å². The second-order valence-electron chi connectivity index (χ2n) is 9.22. The molecule has 1 amide bonds. The van der Waals surface area contributed by atoms with Gasteiger partial charge in [-0.05, 0) is 49.9 Å². The molecule has 1 unspecified atom stereocenters. The van der Waals surface area contributed by atoms with E-state index >= 15 is 0 Å². The second kappa shape index (κ2) is 13.5. The van der Waals surface area contributed by atoms with Crippen LogP contribution in [0.5, 0.6) is 0 Å². The number of carbonyl (C=O) groups is 1. The lowest BCUT2D eigenvalue weighted by Gasteiger charge is -2.37. The van der Waals surface area contributed by atoms with Crippen molar-refractivity contribution in [2.24, 2.45) is 4.99 Å². The van der Waals surface area contributed by atoms with Crippen LogP contribution in [0.1, 0.15) is 49.7 Å². The van der Waals surface area contributed by atoms with Crippen LogP contribution < -0.4 is 5.32 Å². The Hall–Kier alpha value is -1.39. The normalized spacial score (nSPS) is 22.6. The van der Waals surface area contributed by atoms with Gasteiger partial charge >= 0.3 is 0 Å². The van der Waals surface area contributed by atoms with Crippen molar-refractivity contribution in [2.45, 2.75) is 57.7 Å². The number of likely N-dealkylation sites (tertiary alicyclic amines) is 1. The van der Waals surface area contributed by atoms with E-state index in [0.29, 0.717) is 6.61 Å². The van der Waals surface area contributed by atoms with Crippen molar-refractivity contribution in [3.05, 3.63) is 35.4 Å². The number of hydrogen-bond acceptors (Lipinski definition) is 4. The van der Waals surface area contributed by atoms with Gasteiger partial charge in [-0.25, -0.2) is 0 Å². The Bertz CT molecular complexity index is 751. The first-order valence-electron chi connectivity index (χ1n) is 12.4. The fourth-order valence-corrected chi connectivity index (χ4v) is 4.94. The van der Waals surface area contributed by atoms with E-state index in [2.05, 4.69) is 44.4 Å². The third-order valence-electron chi connectivity index (χ3n) is 6.89. The number of hydrogen-bond donors (Lipinski definition) is 1. The molecule has 1 atom stereocenters. The molecule has 0 aliphatic carbocycles. The molecule has 0 aromatic heterocycles. The molecule has 1 aromatic rings. The smallest absolute Gasteiger partial charge is 0.251 e. The summed E-state index contributed by atoms with van der Waals surface area (Å²) in [7, 11) is 1.83. The predicted molar refractivity (Wildman–Crippen MR) is 143 cm³/mol. The van der Waals surface area contributed by atoms with E-state index < -0.39 is 0 Å². The van der Waals surface area contributed by atoms with Crippen LogP contribution in [0, 0.1) is 0 Å². The highest BCUT2D eigenvalue weighted by Gasteiger charge is 2.30. The number of benzene rings is 1. The lowest BCUT2D eigenvalue weighted by atomic mass is 10.1. The van der Waals surface area contributed by atoms with Gasteiger partial charge in [0.2, 0.25) is 0 Å². The van der Waals surface area contributed by atoms with Crippen LogP contribution >= 0.6 is 24.0 Å². The van der Waals surface area contributed by atoms with Gasteiger partial charge in [-0.15, -0.1) is 24.0 Å². The summed E-state index contributed by atoms with van der Waals surface area (Å²) in [5.41, 5.74) is 2.66. The molecule has 0 saturated carbocycles. The first kappa shape index (κ1) is 26.2. The average molecular weight is 570 g/mol. The molecule has 1 N–H and O–H groups in total. The second-order valence-corrected chi connectivity index (χ2v) is 9.22. The maximum atomic E-state index is 12.6. The van der Waals surface area contributed by atoms with E-state index in [4.69, 9.17) is 4.74 Å². The van der Waals surface area contributed by atoms with Crippen molar-refractivity contribution >= 4 is 35.8 Å². The Balaban J connectivity index is 0.00000306. The number of piperazine rings is 1. The fourth-order valence-electron chi connectivity index (χ4n) is 4.94. The van der Waals surface area contributed by atoms with Crippen molar-refractivity contribution in [3.63, 3.8) is 0 Å². The van der Waals surface area contributed by atoms with Crippen LogP contribution in [0.15, 0.2) is 29.3 Å². The number of carbonyl (C=O) groups excluding carboxylic acids is 1. The van der Waals surface area contributed by atoms with Crippen LogP contribution in [-0.4, -0.2) is 85.6 Å². The highest BCUT2D eigenvalue weighted by Crippen LogP contribution is 2.16. The van der Waals surface area contributed by atoms with Crippen LogP contribution in [0.4, 0.5) is 0 Å². The number of rotatable bonds is 5. The summed E-state index contributed by atoms with van der Waals surface area (Å²) in [6.07, 6.45) is 7.05. The van der Waals surface area contributed by atoms with Gasteiger partial charge in [0.05, 0.1) is 0 Å². The van der Waals surface area contributed by atoms with E-state index in [1.807, 2.05) is 11.9 Å². The number of nitrogens with zero attached hydrogens (tertiary/aromatic N) is 4. The Morgan fingerprint density at radius 3 is 2.18 bits per heavy atom. The number of aliphatic imine (C=N–C) groups is 1. The van der Waals surface area contributed by atoms with Gasteiger partial charge in [0, 0.05) is 52.9 Å². The number of ether oxygens (including phenoxy) is 1. The zero-order valence-corrected chi connectivity index (χ0v) is 22.3. The van der Waals surface area contributed by atoms with E-state index in [1.54, 1.807) is 0 Å². The molecule has 3 aliphatic heterocycles. The predicted octanol–water partition coefficient (Wildman–Crippen LogP) is 3.08. The Morgan fingerprint density at radius 1 is 0.939 bits per heavy atom. The van der Waals surface area contributed by atoms with E-state index in [0.717, 1.165) is 58.1 Å². The van der Waals surface area contributed by atoms with Crippen molar-refractivity contribution in [2.75, 3.05) is 52.9 Å². The fraction of sp³-hybridized carbons (Fsp3) is 0.680. The molecule has 3 aliphatic rings. The molecule has 0 spiro atoms. The third kappa shape index (κ3) is 7.55. The molecule has 7 nitrogen and oxygen atoms in total. The molecule has 184 valence electrons. The largest absolute Gasteiger partial charge is 0.368 e. The summed E-state index contributed by atoms with van der Waals surface area (Å²) in [4.78, 5) is 23.8. The number of amides is 1. The summed E-state index contributed by atoms with van der Waals surface area (Å²) < 4.78 is 5.56. The number of guanidine groups is 1. The molecule has 8 heteroatoms. The van der Waals surface area contributed by atoms with Gasteiger partial charge < -0.3 is 19.9 Å². The van der Waals surface area contributed by atoms with Crippen molar-refractivity contribution in [1.29, 1.82) is 0 Å². The van der Waals surface area contributed by atoms with Crippen molar-refractivity contribution in [1.82, 2.24) is 20.0 Å². The molecule has 3 heterocycles. The quantitative estimate of drug-likeness (QED) is 0.336. The summed E-state index contributed by atoms with van der Waals surface area (Å²) >= 11 is 0. The maximum Gasteiger partial charge on any atom is 0.251 e. The standard InChI is InChI=1S/C25H39N5O2.HI/c1-26-25(30-16-14-29(15-17-30)24(31)23-7-6-18-32-23)27-19-21-8-10-22(11-9-21)20-28-12-4-2-3-5-13-28;/h8-11,23H,2-7,12-20H2,1H3,(H,26,27);1H. The molecule has 4 rings (SSSR count). The minimum absolute atomic E-state index is 0. The minimum atomic E-state index is -0.221. The molecule has 3 fully saturated rings. The molecule has 3 saturated heterocycles. The Morgan fingerprint density at radius 2 is 1.58 bits per heavy atom. The summed E-state index contributed by atoms with van der Waals surface area (Å²) in [6, 6.07) is 8.98. The summed E-state index contributed by atoms with van der Waals surface area (Å²) in [6.45, 7) is 8.04. The Kier molecular flexibility index (Phi) is 10.7. The van der Waals surface area contributed by atoms with Gasteiger partial charge in [0.15, 0.2) is 5.96 Å². The first-order chi connectivity index (χ1) is 15.7. The van der Waals surface area contributed by atoms with E-state index in [9.17, 15) is 4.79 Å². The summed E-state index contributed by atoms with van der Waals surface area (Å²) in [5, 5.41) is 3.50. The number of nitrogens with one attached hydrogen (secondary N) is 1. The number of halogens is 1. The van der Waals surface area contributed by atoms with Crippen LogP contribution in [0.2, 0.25) is 0 Å². The van der Waals surface area contributed by atoms with Gasteiger partial charge in [0.1, 0.15) is 6.10 Å². The molecule has 33 heavy (non-hydrogen) atoms. The zero-order chi connectivity index (χ0) is 22.2. The summed E-state index contributed by atoms with van der Waals surface area (Å²) in [5.74, 6) is 1.06. The first-order valence-corrected chi connectivity index (χ1v) is 12.4. The van der Waals surface area contributed by atoms with E-state index in [1.165, 1.54) is 49.9 Å². The molecule has 0 radical (unpaired) electrons. The SMILES string of the molecule is CN=C(NCc1ccc(CN2CCCCCC2)cc1)N1CCN(C(=O)C2CCCO2)CC1.I. The van der Waals surface area contributed by atoms with Gasteiger partial charge in [-0.2, -0.15) is 0 Å². The Labute approximate surface area is 215 Å². The highest BCUT2D eigenvalue weighted by molar-refractivity contribution is 14.0. The average Bonchev–Trinajstić information content (AvgIpc) is 3.26. The van der Waals surface area contributed by atoms with Gasteiger partial charge in [0.25, 0.3) is 5.91 Å². The monoisotopic (exact) mass is 569 g/mol. The topological polar surface area (TPSA) is 60.4 Å². The lowest BCUT2D eigenvalue weighted by molar-refractivity contribution is -0.142. The highest BCUT2D eigenvalue weighted by atomic mass is 127. The van der Waals surface area contributed by atoms with Gasteiger partial charge in [-0.1, -0.05) is 37.1 Å². The molecule has 1 aromatic carbocycles. The maximum absolute atomic E-state index is 12.6. The van der Waals surface area contributed by atoms with Crippen molar-refractivity contribution < 1.29 is 9.53 Å². The van der Waals surface area contributed by atoms with Crippen LogP contribution in [0.25, 0.3) is 0 Å². The minimum Gasteiger partial charge on any atom is -0.368 e. The molecular formula is C25H40IN5O2. The van der Waals surface area contributed by atoms with Crippen LogP contribution in [-0.2, 0) is 22.6 Å². The third-order valence-corrected chi connectivity index (χ3v) is 6.89. The molecule has 0 bridgehead atoms. The molecular weight excluding hydrogens is 529 g/mol. The zero-order valence-electron chi connectivity index (χ0n) is 20.0.